The highest BCUT2D eigenvalue weighted by molar-refractivity contribution is 7.07. The zero-order valence-electron chi connectivity index (χ0n) is 18.5. The Morgan fingerprint density at radius 3 is 2.51 bits per heavy atom. The quantitative estimate of drug-likeness (QED) is 0.346. The smallest absolute Gasteiger partial charge is 0.273 e. The summed E-state index contributed by atoms with van der Waals surface area (Å²) in [5.41, 5.74) is 1.62. The second kappa shape index (κ2) is 9.99. The van der Waals surface area contributed by atoms with E-state index in [4.69, 9.17) is 0 Å². The van der Waals surface area contributed by atoms with Crippen LogP contribution in [0.4, 0.5) is 11.4 Å². The van der Waals surface area contributed by atoms with Crippen LogP contribution in [0.25, 0.3) is 17.3 Å². The molecule has 0 saturated carbocycles. The Labute approximate surface area is 203 Å². The summed E-state index contributed by atoms with van der Waals surface area (Å²) in [5, 5.41) is 23.8. The predicted molar refractivity (Wildman–Crippen MR) is 135 cm³/mol. The number of nitro groups is 1. The van der Waals surface area contributed by atoms with E-state index in [9.17, 15) is 25.0 Å². The standard InChI is InChI=1S/C26H18N4O4S/c1-17-7-5-9-19(13-17)28-24(31)22(16-27)26-29(20-10-3-2-4-11-20)25(32)23(35-26)15-18-8-6-12-21(14-18)30(33)34/h2-15H,1H3,(H,28,31). The molecule has 4 rings (SSSR count). The van der Waals surface area contributed by atoms with Crippen LogP contribution in [0.5, 0.6) is 0 Å². The zero-order valence-corrected chi connectivity index (χ0v) is 19.3. The fourth-order valence-corrected chi connectivity index (χ4v) is 4.56. The fourth-order valence-electron chi connectivity index (χ4n) is 3.45. The van der Waals surface area contributed by atoms with Crippen molar-refractivity contribution in [2.75, 3.05) is 5.32 Å². The van der Waals surface area contributed by atoms with Crippen LogP contribution >= 0.6 is 11.3 Å². The van der Waals surface area contributed by atoms with Crippen molar-refractivity contribution in [3.8, 4) is 11.8 Å². The van der Waals surface area contributed by atoms with Gasteiger partial charge in [0.1, 0.15) is 10.7 Å². The van der Waals surface area contributed by atoms with Crippen molar-refractivity contribution in [3.63, 3.8) is 0 Å². The number of nitrogens with zero attached hydrogens (tertiary/aromatic N) is 3. The first-order chi connectivity index (χ1) is 16.9. The normalized spacial score (nSPS) is 12.1. The fraction of sp³-hybridized carbons (Fsp3) is 0.0385. The van der Waals surface area contributed by atoms with Crippen LogP contribution in [0.3, 0.4) is 0 Å². The molecule has 0 unspecified atom stereocenters. The maximum atomic E-state index is 13.4. The molecule has 1 N–H and O–H groups in total. The highest BCUT2D eigenvalue weighted by Crippen LogP contribution is 2.14. The Bertz CT molecular complexity index is 1660. The van der Waals surface area contributed by atoms with E-state index < -0.39 is 16.4 Å². The van der Waals surface area contributed by atoms with Crippen molar-refractivity contribution < 1.29 is 9.72 Å². The predicted octanol–water partition coefficient (Wildman–Crippen LogP) is 3.26. The van der Waals surface area contributed by atoms with E-state index in [2.05, 4.69) is 5.32 Å². The second-order valence-corrected chi connectivity index (χ2v) is 8.59. The molecule has 35 heavy (non-hydrogen) atoms. The molecular formula is C26H18N4O4S. The van der Waals surface area contributed by atoms with E-state index in [1.54, 1.807) is 54.6 Å². The van der Waals surface area contributed by atoms with Gasteiger partial charge in [0.15, 0.2) is 5.57 Å². The number of nitrogens with one attached hydrogen (secondary N) is 1. The maximum Gasteiger partial charge on any atom is 0.273 e. The number of nitriles is 1. The number of non-ortho nitro benzene ring substituents is 1. The van der Waals surface area contributed by atoms with Gasteiger partial charge in [-0.05, 0) is 48.4 Å². The molecule has 3 aromatic carbocycles. The molecule has 172 valence electrons. The van der Waals surface area contributed by atoms with Crippen LogP contribution in [-0.4, -0.2) is 15.4 Å². The number of aromatic nitrogens is 1. The minimum Gasteiger partial charge on any atom is -0.321 e. The summed E-state index contributed by atoms with van der Waals surface area (Å²) in [5.74, 6) is -0.647. The number of aryl methyl sites for hydroxylation is 1. The zero-order chi connectivity index (χ0) is 24.9. The Kier molecular flexibility index (Phi) is 6.66. The van der Waals surface area contributed by atoms with Gasteiger partial charge in [0.25, 0.3) is 17.2 Å². The lowest BCUT2D eigenvalue weighted by Crippen LogP contribution is -2.32. The number of carbonyl (C=O) groups excluding carboxylic acids is 1. The summed E-state index contributed by atoms with van der Waals surface area (Å²) < 4.78 is 1.69. The van der Waals surface area contributed by atoms with Crippen LogP contribution in [0.2, 0.25) is 0 Å². The largest absolute Gasteiger partial charge is 0.321 e. The maximum absolute atomic E-state index is 13.4. The number of amides is 1. The van der Waals surface area contributed by atoms with Crippen LogP contribution in [0, 0.1) is 28.4 Å². The molecule has 1 heterocycles. The molecule has 0 bridgehead atoms. The first kappa shape index (κ1) is 23.4. The van der Waals surface area contributed by atoms with Gasteiger partial charge in [-0.2, -0.15) is 5.26 Å². The number of thiazole rings is 1. The highest BCUT2D eigenvalue weighted by atomic mass is 32.1. The van der Waals surface area contributed by atoms with Crippen LogP contribution < -0.4 is 20.1 Å². The third-order valence-electron chi connectivity index (χ3n) is 5.05. The van der Waals surface area contributed by atoms with Crippen molar-refractivity contribution in [1.82, 2.24) is 4.57 Å². The van der Waals surface area contributed by atoms with Crippen LogP contribution in [-0.2, 0) is 4.79 Å². The molecule has 0 aliphatic rings. The molecule has 9 heteroatoms. The van der Waals surface area contributed by atoms with Crippen molar-refractivity contribution in [2.45, 2.75) is 6.92 Å². The van der Waals surface area contributed by atoms with Gasteiger partial charge in [0.05, 0.1) is 15.1 Å². The molecule has 1 aromatic heterocycles. The van der Waals surface area contributed by atoms with Gasteiger partial charge in [0, 0.05) is 17.8 Å². The molecule has 1 amide bonds. The molecule has 0 atom stereocenters. The number of rotatable bonds is 5. The first-order valence-electron chi connectivity index (χ1n) is 10.4. The number of hydrogen-bond donors (Lipinski definition) is 1. The number of hydrogen-bond acceptors (Lipinski definition) is 6. The third-order valence-corrected chi connectivity index (χ3v) is 6.14. The number of carbonyl (C=O) groups is 1. The minimum absolute atomic E-state index is 0.110. The molecule has 0 fully saturated rings. The molecule has 0 spiro atoms. The average molecular weight is 483 g/mol. The van der Waals surface area contributed by atoms with Crippen LogP contribution in [0.1, 0.15) is 11.1 Å². The SMILES string of the molecule is Cc1cccc(NC(=O)C(C#N)=c2sc(=Cc3cccc([N+](=O)[O-])c3)c(=O)n2-c2ccccc2)c1. The Morgan fingerprint density at radius 2 is 1.83 bits per heavy atom. The molecule has 8 nitrogen and oxygen atoms in total. The van der Waals surface area contributed by atoms with Crippen molar-refractivity contribution in [3.05, 3.63) is 120 Å². The van der Waals surface area contributed by atoms with E-state index >= 15 is 0 Å². The van der Waals surface area contributed by atoms with Gasteiger partial charge in [-0.3, -0.25) is 24.3 Å². The van der Waals surface area contributed by atoms with Gasteiger partial charge in [0.2, 0.25) is 0 Å². The number of nitro benzene ring substituents is 1. The van der Waals surface area contributed by atoms with E-state index in [0.717, 1.165) is 16.9 Å². The summed E-state index contributed by atoms with van der Waals surface area (Å²) >= 11 is 0.969. The summed E-state index contributed by atoms with van der Waals surface area (Å²) in [6.45, 7) is 1.88. The van der Waals surface area contributed by atoms with E-state index in [1.165, 1.54) is 28.8 Å². The molecule has 4 aromatic rings. The summed E-state index contributed by atoms with van der Waals surface area (Å²) in [7, 11) is 0. The van der Waals surface area contributed by atoms with E-state index in [0.29, 0.717) is 16.9 Å². The molecule has 0 aliphatic carbocycles. The topological polar surface area (TPSA) is 118 Å². The monoisotopic (exact) mass is 482 g/mol. The molecular weight excluding hydrogens is 464 g/mol. The van der Waals surface area contributed by atoms with Crippen molar-refractivity contribution >= 4 is 40.3 Å². The van der Waals surface area contributed by atoms with Gasteiger partial charge < -0.3 is 5.32 Å². The Hall–Kier alpha value is -4.81. The summed E-state index contributed by atoms with van der Waals surface area (Å²) in [4.78, 5) is 37.1. The lowest BCUT2D eigenvalue weighted by molar-refractivity contribution is -0.384. The lowest BCUT2D eigenvalue weighted by atomic mass is 10.2. The molecule has 0 saturated heterocycles. The molecule has 0 aliphatic heterocycles. The van der Waals surface area contributed by atoms with Gasteiger partial charge in [-0.15, -0.1) is 11.3 Å². The van der Waals surface area contributed by atoms with Crippen LogP contribution in [0.15, 0.2) is 83.7 Å². The Balaban J connectivity index is 1.95. The first-order valence-corrected chi connectivity index (χ1v) is 11.2. The second-order valence-electron chi connectivity index (χ2n) is 7.55. The van der Waals surface area contributed by atoms with E-state index in [-0.39, 0.29) is 20.5 Å². The van der Waals surface area contributed by atoms with Crippen molar-refractivity contribution in [2.24, 2.45) is 0 Å². The lowest BCUT2D eigenvalue weighted by Gasteiger charge is -2.06. The number of benzene rings is 3. The molecule has 0 radical (unpaired) electrons. The summed E-state index contributed by atoms with van der Waals surface area (Å²) in [6.07, 6.45) is 1.51. The highest BCUT2D eigenvalue weighted by Gasteiger charge is 2.17. The summed E-state index contributed by atoms with van der Waals surface area (Å²) in [6, 6.07) is 23.6. The Morgan fingerprint density at radius 1 is 1.09 bits per heavy atom. The van der Waals surface area contributed by atoms with E-state index in [1.807, 2.05) is 19.1 Å². The van der Waals surface area contributed by atoms with Gasteiger partial charge in [-0.25, -0.2) is 0 Å². The number of anilines is 1. The van der Waals surface area contributed by atoms with Gasteiger partial charge in [-0.1, -0.05) is 42.5 Å². The van der Waals surface area contributed by atoms with Gasteiger partial charge >= 0.3 is 0 Å². The third kappa shape index (κ3) is 5.08. The van der Waals surface area contributed by atoms with Crippen molar-refractivity contribution in [1.29, 1.82) is 5.26 Å². The average Bonchev–Trinajstić information content (AvgIpc) is 3.15. The minimum atomic E-state index is -0.647. The number of para-hydroxylation sites is 1.